The van der Waals surface area contributed by atoms with Crippen molar-refractivity contribution in [3.63, 3.8) is 0 Å². The predicted molar refractivity (Wildman–Crippen MR) is 120 cm³/mol. The van der Waals surface area contributed by atoms with Crippen LogP contribution < -0.4 is 16.5 Å². The minimum absolute atomic E-state index is 0.0523. The summed E-state index contributed by atoms with van der Waals surface area (Å²) in [7, 11) is 0. The molecule has 3 rings (SSSR count). The average Bonchev–Trinajstić information content (AvgIpc) is 3.06. The van der Waals surface area contributed by atoms with E-state index >= 15 is 0 Å². The smallest absolute Gasteiger partial charge is 0.337 e. The second-order valence-electron chi connectivity index (χ2n) is 8.23. The van der Waals surface area contributed by atoms with E-state index in [0.29, 0.717) is 22.3 Å². The Labute approximate surface area is 185 Å². The van der Waals surface area contributed by atoms with Crippen molar-refractivity contribution in [3.8, 4) is 11.4 Å². The van der Waals surface area contributed by atoms with Crippen molar-refractivity contribution in [2.45, 2.75) is 51.2 Å². The van der Waals surface area contributed by atoms with E-state index in [1.165, 1.54) is 22.0 Å². The van der Waals surface area contributed by atoms with Crippen LogP contribution in [0.3, 0.4) is 0 Å². The number of benzene rings is 1. The Morgan fingerprint density at radius 3 is 2.55 bits per heavy atom. The molecule has 2 aromatic rings. The van der Waals surface area contributed by atoms with E-state index in [1.54, 1.807) is 13.8 Å². The van der Waals surface area contributed by atoms with Gasteiger partial charge in [-0.3, -0.25) is 0 Å². The lowest BCUT2D eigenvalue weighted by Crippen LogP contribution is -2.49. The number of esters is 1. The monoisotopic (exact) mass is 444 g/mol. The van der Waals surface area contributed by atoms with Crippen LogP contribution in [0.1, 0.15) is 40.2 Å². The van der Waals surface area contributed by atoms with Crippen LogP contribution in [0.15, 0.2) is 40.7 Å². The number of thioether (sulfide) groups is 1. The third kappa shape index (κ3) is 5.01. The molecule has 0 fully saturated rings. The molecule has 2 amide bonds. The van der Waals surface area contributed by atoms with Gasteiger partial charge in [0, 0.05) is 17.0 Å². The molecule has 10 heteroatoms. The first kappa shape index (κ1) is 22.7. The SMILES string of the molecule is CCOC(=O)C1=C(CSc2nnc(-c3ccc(C(C)(C)C)cc3)n2N)NC(=O)NC1C. The summed E-state index contributed by atoms with van der Waals surface area (Å²) in [6.07, 6.45) is 0. The molecule has 0 aliphatic carbocycles. The fourth-order valence-electron chi connectivity index (χ4n) is 3.22. The molecule has 1 aliphatic heterocycles. The lowest BCUT2D eigenvalue weighted by Gasteiger charge is -2.26. The molecule has 0 bridgehead atoms. The summed E-state index contributed by atoms with van der Waals surface area (Å²) >= 11 is 1.28. The molecule has 1 aromatic heterocycles. The minimum atomic E-state index is -0.466. The minimum Gasteiger partial charge on any atom is -0.463 e. The highest BCUT2D eigenvalue weighted by Crippen LogP contribution is 2.27. The van der Waals surface area contributed by atoms with Crippen molar-refractivity contribution in [2.24, 2.45) is 0 Å². The van der Waals surface area contributed by atoms with Gasteiger partial charge in [-0.15, -0.1) is 10.2 Å². The van der Waals surface area contributed by atoms with E-state index in [-0.39, 0.29) is 23.8 Å². The number of carbonyl (C=O) groups excluding carboxylic acids is 2. The van der Waals surface area contributed by atoms with Gasteiger partial charge in [-0.05, 0) is 24.8 Å². The number of nitrogens with two attached hydrogens (primary N) is 1. The zero-order valence-corrected chi connectivity index (χ0v) is 19.2. The van der Waals surface area contributed by atoms with Crippen molar-refractivity contribution < 1.29 is 14.3 Å². The summed E-state index contributed by atoms with van der Waals surface area (Å²) < 4.78 is 6.54. The molecule has 1 aromatic carbocycles. The third-order valence-electron chi connectivity index (χ3n) is 4.88. The van der Waals surface area contributed by atoms with Crippen LogP contribution in [0.5, 0.6) is 0 Å². The normalized spacial score (nSPS) is 16.7. The van der Waals surface area contributed by atoms with Gasteiger partial charge in [0.15, 0.2) is 5.82 Å². The Bertz CT molecular complexity index is 1010. The zero-order valence-electron chi connectivity index (χ0n) is 18.4. The number of hydrogen-bond donors (Lipinski definition) is 3. The predicted octanol–water partition coefficient (Wildman–Crippen LogP) is 2.57. The van der Waals surface area contributed by atoms with E-state index < -0.39 is 12.0 Å². The fourth-order valence-corrected chi connectivity index (χ4v) is 4.05. The maximum atomic E-state index is 12.4. The largest absolute Gasteiger partial charge is 0.463 e. The van der Waals surface area contributed by atoms with Crippen molar-refractivity contribution >= 4 is 23.8 Å². The molecular formula is C21H28N6O3S. The molecule has 0 spiro atoms. The summed E-state index contributed by atoms with van der Waals surface area (Å²) in [6.45, 7) is 10.2. The molecule has 0 saturated carbocycles. The average molecular weight is 445 g/mol. The van der Waals surface area contributed by atoms with Crippen LogP contribution in [0.25, 0.3) is 11.4 Å². The highest BCUT2D eigenvalue weighted by Gasteiger charge is 2.30. The quantitative estimate of drug-likeness (QED) is 0.355. The topological polar surface area (TPSA) is 124 Å². The number of carbonyl (C=O) groups is 2. The van der Waals surface area contributed by atoms with Gasteiger partial charge in [-0.2, -0.15) is 0 Å². The van der Waals surface area contributed by atoms with Gasteiger partial charge in [0.05, 0.1) is 18.2 Å². The summed E-state index contributed by atoms with van der Waals surface area (Å²) in [5, 5.41) is 14.2. The first-order valence-electron chi connectivity index (χ1n) is 10.0. The number of hydrogen-bond acceptors (Lipinski definition) is 7. The van der Waals surface area contributed by atoms with Crippen LogP contribution in [0.4, 0.5) is 4.79 Å². The summed E-state index contributed by atoms with van der Waals surface area (Å²) in [4.78, 5) is 24.3. The van der Waals surface area contributed by atoms with Gasteiger partial charge >= 0.3 is 12.0 Å². The number of urea groups is 1. The van der Waals surface area contributed by atoms with Gasteiger partial charge in [0.2, 0.25) is 5.16 Å². The number of amides is 2. The van der Waals surface area contributed by atoms with Crippen LogP contribution in [-0.4, -0.2) is 45.3 Å². The molecule has 166 valence electrons. The molecule has 9 nitrogen and oxygen atoms in total. The number of ether oxygens (including phenoxy) is 1. The maximum absolute atomic E-state index is 12.4. The van der Waals surface area contributed by atoms with E-state index in [2.05, 4.69) is 53.7 Å². The Morgan fingerprint density at radius 1 is 1.26 bits per heavy atom. The van der Waals surface area contributed by atoms with E-state index in [0.717, 1.165) is 5.56 Å². The second-order valence-corrected chi connectivity index (χ2v) is 9.17. The fraction of sp³-hybridized carbons (Fsp3) is 0.429. The molecule has 1 atom stereocenters. The molecule has 1 unspecified atom stereocenters. The van der Waals surface area contributed by atoms with Gasteiger partial charge in [0.1, 0.15) is 0 Å². The highest BCUT2D eigenvalue weighted by molar-refractivity contribution is 7.99. The van der Waals surface area contributed by atoms with Gasteiger partial charge in [-0.25, -0.2) is 14.3 Å². The van der Waals surface area contributed by atoms with Crippen molar-refractivity contribution in [1.82, 2.24) is 25.5 Å². The number of nitrogen functional groups attached to an aromatic ring is 1. The molecule has 31 heavy (non-hydrogen) atoms. The first-order chi connectivity index (χ1) is 14.6. The second kappa shape index (κ2) is 9.01. The lowest BCUT2D eigenvalue weighted by atomic mass is 9.87. The van der Waals surface area contributed by atoms with Crippen LogP contribution in [0, 0.1) is 0 Å². The van der Waals surface area contributed by atoms with Crippen LogP contribution >= 0.6 is 11.8 Å². The van der Waals surface area contributed by atoms with Crippen LogP contribution in [-0.2, 0) is 14.9 Å². The Balaban J connectivity index is 1.81. The molecule has 1 aliphatic rings. The van der Waals surface area contributed by atoms with Crippen molar-refractivity contribution in [3.05, 3.63) is 41.1 Å². The highest BCUT2D eigenvalue weighted by atomic mass is 32.2. The van der Waals surface area contributed by atoms with Crippen molar-refractivity contribution in [2.75, 3.05) is 18.2 Å². The lowest BCUT2D eigenvalue weighted by molar-refractivity contribution is -0.138. The first-order valence-corrected chi connectivity index (χ1v) is 11.0. The Kier molecular flexibility index (Phi) is 6.59. The van der Waals surface area contributed by atoms with Gasteiger partial charge < -0.3 is 21.2 Å². The molecule has 0 saturated heterocycles. The molecular weight excluding hydrogens is 416 g/mol. The summed E-state index contributed by atoms with van der Waals surface area (Å²) in [5.74, 6) is 6.58. The van der Waals surface area contributed by atoms with E-state index in [4.69, 9.17) is 10.6 Å². The van der Waals surface area contributed by atoms with Gasteiger partial charge in [0.25, 0.3) is 0 Å². The summed E-state index contributed by atoms with van der Waals surface area (Å²) in [6, 6.07) is 7.22. The van der Waals surface area contributed by atoms with Gasteiger partial charge in [-0.1, -0.05) is 56.8 Å². The number of nitrogens with one attached hydrogen (secondary N) is 2. The maximum Gasteiger partial charge on any atom is 0.337 e. The number of rotatable bonds is 6. The Hall–Kier alpha value is -3.01. The van der Waals surface area contributed by atoms with Crippen LogP contribution in [0.2, 0.25) is 0 Å². The summed E-state index contributed by atoms with van der Waals surface area (Å²) in [5.41, 5.74) is 2.97. The zero-order chi connectivity index (χ0) is 22.8. The molecule has 4 N–H and O–H groups in total. The molecule has 2 heterocycles. The van der Waals surface area contributed by atoms with E-state index in [9.17, 15) is 9.59 Å². The van der Waals surface area contributed by atoms with Crippen molar-refractivity contribution in [1.29, 1.82) is 0 Å². The van der Waals surface area contributed by atoms with E-state index in [1.807, 2.05) is 12.1 Å². The number of nitrogens with zero attached hydrogens (tertiary/aromatic N) is 3. The number of aromatic nitrogens is 3. The standard InChI is InChI=1S/C21H28N6O3S/c1-6-30-18(28)16-12(2)23-19(29)24-15(16)11-31-20-26-25-17(27(20)22)13-7-9-14(10-8-13)21(3,4)5/h7-10,12H,6,11,22H2,1-5H3,(H2,23,24,29). The molecule has 0 radical (unpaired) electrons. The third-order valence-corrected chi connectivity index (χ3v) is 5.85. The Morgan fingerprint density at radius 2 is 1.94 bits per heavy atom.